The fourth-order valence-electron chi connectivity index (χ4n) is 1.29. The lowest BCUT2D eigenvalue weighted by Gasteiger charge is -2.19. The number of halogens is 4. The molecular weight excluding hydrogens is 257 g/mol. The summed E-state index contributed by atoms with van der Waals surface area (Å²) < 4.78 is 27.9. The Kier molecular flexibility index (Phi) is 4.15. The van der Waals surface area contributed by atoms with Crippen LogP contribution in [0.15, 0.2) is 18.2 Å². The predicted octanol–water partition coefficient (Wildman–Crippen LogP) is 4.38. The van der Waals surface area contributed by atoms with Crippen molar-refractivity contribution in [2.45, 2.75) is 25.8 Å². The maximum absolute atomic E-state index is 13.9. The van der Waals surface area contributed by atoms with Gasteiger partial charge < -0.3 is 0 Å². The van der Waals surface area contributed by atoms with Gasteiger partial charge in [-0.25, -0.2) is 0 Å². The molecule has 1 unspecified atom stereocenters. The van der Waals surface area contributed by atoms with Gasteiger partial charge in [0, 0.05) is 20.8 Å². The quantitative estimate of drug-likeness (QED) is 0.564. The van der Waals surface area contributed by atoms with E-state index in [1.807, 2.05) is 0 Å². The van der Waals surface area contributed by atoms with Crippen LogP contribution in [0.3, 0.4) is 0 Å². The predicted molar refractivity (Wildman–Crippen MR) is 63.8 cm³/mol. The summed E-state index contributed by atoms with van der Waals surface area (Å²) in [4.78, 5) is 0. The van der Waals surface area contributed by atoms with Crippen LogP contribution in [0, 0.1) is 0 Å². The van der Waals surface area contributed by atoms with Crippen molar-refractivity contribution in [3.05, 3.63) is 28.2 Å². The molecule has 0 aromatic heterocycles. The summed E-state index contributed by atoms with van der Waals surface area (Å²) in [6, 6.07) is 4.12. The highest BCUT2D eigenvalue weighted by Gasteiger charge is 2.43. The number of hydrogen-bond acceptors (Lipinski definition) is 0. The summed E-state index contributed by atoms with van der Waals surface area (Å²) >= 11 is 11.4. The molecule has 0 N–H and O–H groups in total. The third kappa shape index (κ3) is 2.92. The Morgan fingerprint density at radius 3 is 2.07 bits per heavy atom. The van der Waals surface area contributed by atoms with E-state index in [-0.39, 0.29) is 15.2 Å². The van der Waals surface area contributed by atoms with E-state index in [2.05, 4.69) is 0 Å². The standard InChI is InChI=1S/C10H12Cl2F2Si/c1-3-7(2)15(13,14)10-5-8(11)4-9(12)6-10/h4-7H,3H2,1-2H3. The fraction of sp³-hybridized carbons (Fsp3) is 0.400. The van der Waals surface area contributed by atoms with Gasteiger partial charge in [-0.3, -0.25) is 8.22 Å². The molecule has 1 atom stereocenters. The molecule has 0 aliphatic rings. The van der Waals surface area contributed by atoms with Crippen LogP contribution in [0.5, 0.6) is 0 Å². The summed E-state index contributed by atoms with van der Waals surface area (Å²) in [5.41, 5.74) is -0.591. The normalized spacial score (nSPS) is 14.0. The molecule has 5 heteroatoms. The van der Waals surface area contributed by atoms with Crippen molar-refractivity contribution in [2.24, 2.45) is 0 Å². The molecule has 15 heavy (non-hydrogen) atoms. The first-order chi connectivity index (χ1) is 6.87. The SMILES string of the molecule is CCC(C)[Si](F)(F)c1cc(Cl)cc(Cl)c1. The van der Waals surface area contributed by atoms with Gasteiger partial charge in [-0.05, 0) is 18.2 Å². The smallest absolute Gasteiger partial charge is 0.264 e. The van der Waals surface area contributed by atoms with Gasteiger partial charge in [0.15, 0.2) is 0 Å². The molecule has 0 spiro atoms. The average Bonchev–Trinajstić information content (AvgIpc) is 2.15. The van der Waals surface area contributed by atoms with Crippen LogP contribution in [-0.2, 0) is 0 Å². The molecule has 1 rings (SSSR count). The van der Waals surface area contributed by atoms with E-state index in [4.69, 9.17) is 23.2 Å². The molecular formula is C10H12Cl2F2Si. The Hall–Kier alpha value is -0.123. The minimum Gasteiger partial charge on any atom is -0.264 e. The highest BCUT2D eigenvalue weighted by atomic mass is 35.5. The molecule has 84 valence electrons. The molecule has 0 fully saturated rings. The summed E-state index contributed by atoms with van der Waals surface area (Å²) in [5.74, 6) is 0. The Balaban J connectivity index is 3.14. The molecule has 1 aromatic carbocycles. The van der Waals surface area contributed by atoms with Crippen LogP contribution in [0.1, 0.15) is 20.3 Å². The van der Waals surface area contributed by atoms with E-state index < -0.39 is 14.3 Å². The zero-order chi connectivity index (χ0) is 11.6. The minimum atomic E-state index is -4.41. The van der Waals surface area contributed by atoms with E-state index in [0.29, 0.717) is 6.42 Å². The van der Waals surface area contributed by atoms with E-state index in [1.54, 1.807) is 13.8 Å². The van der Waals surface area contributed by atoms with Crippen molar-refractivity contribution < 1.29 is 8.22 Å². The van der Waals surface area contributed by atoms with Gasteiger partial charge in [-0.1, -0.05) is 43.5 Å². The topological polar surface area (TPSA) is 0 Å². The fourth-order valence-corrected chi connectivity index (χ4v) is 3.77. The van der Waals surface area contributed by atoms with E-state index in [0.717, 1.165) is 0 Å². The van der Waals surface area contributed by atoms with Gasteiger partial charge >= 0.3 is 8.74 Å². The number of rotatable bonds is 3. The van der Waals surface area contributed by atoms with Crippen molar-refractivity contribution in [1.29, 1.82) is 0 Å². The Labute approximate surface area is 99.6 Å². The minimum absolute atomic E-state index is 0.0225. The zero-order valence-corrected chi connectivity index (χ0v) is 11.0. The molecule has 0 nitrogen and oxygen atoms in total. The lowest BCUT2D eigenvalue weighted by atomic mass is 10.3. The molecule has 1 aromatic rings. The first-order valence-electron chi connectivity index (χ1n) is 4.72. The van der Waals surface area contributed by atoms with Crippen LogP contribution in [0.2, 0.25) is 15.6 Å². The second-order valence-corrected chi connectivity index (χ2v) is 7.27. The molecule has 0 radical (unpaired) electrons. The van der Waals surface area contributed by atoms with Gasteiger partial charge in [0.2, 0.25) is 0 Å². The lowest BCUT2D eigenvalue weighted by Crippen LogP contribution is -2.42. The molecule has 0 bridgehead atoms. The highest BCUT2D eigenvalue weighted by molar-refractivity contribution is 6.81. The van der Waals surface area contributed by atoms with Crippen molar-refractivity contribution in [3.63, 3.8) is 0 Å². The Bertz CT molecular complexity index is 335. The third-order valence-corrected chi connectivity index (χ3v) is 5.62. The van der Waals surface area contributed by atoms with Crippen LogP contribution in [0.25, 0.3) is 0 Å². The molecule has 0 saturated carbocycles. The van der Waals surface area contributed by atoms with Gasteiger partial charge in [-0.2, -0.15) is 0 Å². The first-order valence-corrected chi connectivity index (χ1v) is 7.31. The summed E-state index contributed by atoms with van der Waals surface area (Å²) in [6.07, 6.45) is 0.462. The maximum atomic E-state index is 13.9. The Morgan fingerprint density at radius 1 is 1.20 bits per heavy atom. The van der Waals surface area contributed by atoms with Gasteiger partial charge in [0.1, 0.15) is 0 Å². The first kappa shape index (κ1) is 12.9. The van der Waals surface area contributed by atoms with Crippen molar-refractivity contribution in [1.82, 2.24) is 0 Å². The number of benzene rings is 1. The van der Waals surface area contributed by atoms with Crippen LogP contribution >= 0.6 is 23.2 Å². The van der Waals surface area contributed by atoms with Crippen LogP contribution in [-0.4, -0.2) is 8.74 Å². The molecule has 0 saturated heterocycles. The molecule has 0 heterocycles. The largest absolute Gasteiger partial charge is 0.458 e. The monoisotopic (exact) mass is 268 g/mol. The highest BCUT2D eigenvalue weighted by Crippen LogP contribution is 2.28. The van der Waals surface area contributed by atoms with Crippen molar-refractivity contribution in [2.75, 3.05) is 0 Å². The zero-order valence-electron chi connectivity index (χ0n) is 8.53. The summed E-state index contributed by atoms with van der Waals surface area (Å²) in [7, 11) is -4.41. The van der Waals surface area contributed by atoms with Crippen molar-refractivity contribution in [3.8, 4) is 0 Å². The van der Waals surface area contributed by atoms with Crippen molar-refractivity contribution >= 4 is 37.1 Å². The summed E-state index contributed by atoms with van der Waals surface area (Å²) in [6.45, 7) is 3.33. The lowest BCUT2D eigenvalue weighted by molar-refractivity contribution is 0.573. The van der Waals surface area contributed by atoms with Gasteiger partial charge in [-0.15, -0.1) is 0 Å². The molecule has 0 aliphatic carbocycles. The van der Waals surface area contributed by atoms with Gasteiger partial charge in [0.05, 0.1) is 0 Å². The maximum Gasteiger partial charge on any atom is 0.458 e. The molecule has 0 aliphatic heterocycles. The van der Waals surface area contributed by atoms with Crippen LogP contribution < -0.4 is 5.19 Å². The second kappa shape index (κ2) is 4.81. The number of hydrogen-bond donors (Lipinski definition) is 0. The third-order valence-electron chi connectivity index (χ3n) is 2.48. The van der Waals surface area contributed by atoms with E-state index in [1.165, 1.54) is 18.2 Å². The van der Waals surface area contributed by atoms with Crippen LogP contribution in [0.4, 0.5) is 8.22 Å². The van der Waals surface area contributed by atoms with E-state index in [9.17, 15) is 8.22 Å². The van der Waals surface area contributed by atoms with Gasteiger partial charge in [0.25, 0.3) is 0 Å². The second-order valence-electron chi connectivity index (χ2n) is 3.59. The Morgan fingerprint density at radius 2 is 1.67 bits per heavy atom. The van der Waals surface area contributed by atoms with E-state index >= 15 is 0 Å². The summed E-state index contributed by atoms with van der Waals surface area (Å²) in [5, 5.41) is 0.565. The molecule has 0 amide bonds. The average molecular weight is 269 g/mol.